The molecule has 1 aromatic heterocycles. The highest BCUT2D eigenvalue weighted by molar-refractivity contribution is 6.31. The van der Waals surface area contributed by atoms with Crippen LogP contribution < -0.4 is 10.6 Å². The Morgan fingerprint density at radius 2 is 2.05 bits per heavy atom. The van der Waals surface area contributed by atoms with Crippen molar-refractivity contribution in [3.05, 3.63) is 52.8 Å². The van der Waals surface area contributed by atoms with Crippen molar-refractivity contribution in [1.82, 2.24) is 20.4 Å². The van der Waals surface area contributed by atoms with Crippen LogP contribution in [0.2, 0.25) is 5.02 Å². The van der Waals surface area contributed by atoms with E-state index in [4.69, 9.17) is 11.6 Å². The number of carbonyl (C=O) groups is 1. The molecule has 6 heteroatoms. The van der Waals surface area contributed by atoms with Gasteiger partial charge >= 0.3 is 6.03 Å². The molecular weight excluding hydrogens is 300 g/mol. The van der Waals surface area contributed by atoms with Crippen molar-refractivity contribution >= 4 is 17.6 Å². The summed E-state index contributed by atoms with van der Waals surface area (Å²) in [5.41, 5.74) is 1.99. The van der Waals surface area contributed by atoms with Gasteiger partial charge in [-0.15, -0.1) is 0 Å². The Morgan fingerprint density at radius 1 is 1.32 bits per heavy atom. The lowest BCUT2D eigenvalue weighted by molar-refractivity contribution is 0.234. The summed E-state index contributed by atoms with van der Waals surface area (Å²) >= 11 is 6.13. The topological polar surface area (TPSA) is 59.0 Å². The number of nitrogens with zero attached hydrogens (tertiary/aromatic N) is 2. The van der Waals surface area contributed by atoms with Crippen molar-refractivity contribution < 1.29 is 4.79 Å². The molecule has 0 fully saturated rings. The van der Waals surface area contributed by atoms with Crippen LogP contribution >= 0.6 is 11.6 Å². The van der Waals surface area contributed by atoms with Crippen LogP contribution in [0.1, 0.15) is 31.0 Å². The Hall–Kier alpha value is -2.01. The molecule has 0 bridgehead atoms. The smallest absolute Gasteiger partial charge is 0.315 e. The number of carbonyl (C=O) groups excluding carboxylic acids is 1. The van der Waals surface area contributed by atoms with Gasteiger partial charge in [0.2, 0.25) is 0 Å². The summed E-state index contributed by atoms with van der Waals surface area (Å²) in [4.78, 5) is 12.0. The van der Waals surface area contributed by atoms with E-state index in [9.17, 15) is 4.79 Å². The number of aromatic nitrogens is 2. The molecular formula is C16H21ClN4O. The minimum Gasteiger partial charge on any atom is -0.335 e. The minimum absolute atomic E-state index is 0.0130. The van der Waals surface area contributed by atoms with Crippen molar-refractivity contribution in [2.45, 2.75) is 32.4 Å². The molecule has 1 aromatic carbocycles. The molecule has 0 saturated heterocycles. The monoisotopic (exact) mass is 320 g/mol. The zero-order valence-electron chi connectivity index (χ0n) is 13.0. The molecule has 0 aliphatic rings. The van der Waals surface area contributed by atoms with E-state index in [2.05, 4.69) is 15.7 Å². The molecule has 0 radical (unpaired) electrons. The highest BCUT2D eigenvalue weighted by Crippen LogP contribution is 2.16. The predicted molar refractivity (Wildman–Crippen MR) is 87.9 cm³/mol. The second-order valence-corrected chi connectivity index (χ2v) is 5.89. The fraction of sp³-hybridized carbons (Fsp3) is 0.375. The summed E-state index contributed by atoms with van der Waals surface area (Å²) in [6.45, 7) is 3.88. The van der Waals surface area contributed by atoms with Gasteiger partial charge in [-0.25, -0.2) is 4.79 Å². The molecule has 2 aromatic rings. The molecule has 1 heterocycles. The van der Waals surface area contributed by atoms with Crippen LogP contribution in [-0.4, -0.2) is 21.9 Å². The van der Waals surface area contributed by atoms with Gasteiger partial charge in [0.05, 0.1) is 12.2 Å². The zero-order valence-corrected chi connectivity index (χ0v) is 13.8. The van der Waals surface area contributed by atoms with E-state index in [0.29, 0.717) is 6.42 Å². The number of rotatable bonds is 5. The van der Waals surface area contributed by atoms with E-state index in [1.165, 1.54) is 0 Å². The molecule has 2 atom stereocenters. The van der Waals surface area contributed by atoms with E-state index >= 15 is 0 Å². The van der Waals surface area contributed by atoms with Crippen LogP contribution in [-0.2, 0) is 13.5 Å². The first-order chi connectivity index (χ1) is 10.5. The summed E-state index contributed by atoms with van der Waals surface area (Å²) in [6, 6.07) is 7.35. The van der Waals surface area contributed by atoms with Crippen molar-refractivity contribution in [3.8, 4) is 0 Å². The summed E-state index contributed by atoms with van der Waals surface area (Å²) in [7, 11) is 1.85. The first-order valence-corrected chi connectivity index (χ1v) is 7.62. The first kappa shape index (κ1) is 16.4. The van der Waals surface area contributed by atoms with Crippen LogP contribution in [0.5, 0.6) is 0 Å². The third kappa shape index (κ3) is 4.49. The average molecular weight is 321 g/mol. The summed E-state index contributed by atoms with van der Waals surface area (Å²) < 4.78 is 1.71. The van der Waals surface area contributed by atoms with Crippen LogP contribution in [0.25, 0.3) is 0 Å². The third-order valence-corrected chi connectivity index (χ3v) is 3.80. The molecule has 2 rings (SSSR count). The maximum atomic E-state index is 12.0. The number of benzene rings is 1. The summed E-state index contributed by atoms with van der Waals surface area (Å²) in [5, 5.41) is 10.7. The number of urea groups is 1. The molecule has 118 valence electrons. The van der Waals surface area contributed by atoms with Crippen molar-refractivity contribution in [2.75, 3.05) is 0 Å². The quantitative estimate of drug-likeness (QED) is 0.889. The Morgan fingerprint density at radius 3 is 2.68 bits per heavy atom. The van der Waals surface area contributed by atoms with Gasteiger partial charge in [0.25, 0.3) is 0 Å². The Labute approximate surface area is 135 Å². The lowest BCUT2D eigenvalue weighted by atomic mass is 10.1. The molecule has 0 saturated carbocycles. The van der Waals surface area contributed by atoms with E-state index in [0.717, 1.165) is 16.1 Å². The number of halogens is 1. The van der Waals surface area contributed by atoms with Crippen molar-refractivity contribution in [2.24, 2.45) is 7.05 Å². The normalized spacial score (nSPS) is 13.5. The van der Waals surface area contributed by atoms with Gasteiger partial charge in [-0.2, -0.15) is 5.10 Å². The number of hydrogen-bond donors (Lipinski definition) is 2. The van der Waals surface area contributed by atoms with Gasteiger partial charge in [0.15, 0.2) is 0 Å². The lowest BCUT2D eigenvalue weighted by Gasteiger charge is -2.18. The van der Waals surface area contributed by atoms with E-state index in [1.54, 1.807) is 10.9 Å². The number of hydrogen-bond acceptors (Lipinski definition) is 2. The largest absolute Gasteiger partial charge is 0.335 e. The van der Waals surface area contributed by atoms with Gasteiger partial charge in [0, 0.05) is 29.9 Å². The summed E-state index contributed by atoms with van der Waals surface area (Å²) in [5.74, 6) is 0. The lowest BCUT2D eigenvalue weighted by Crippen LogP contribution is -2.42. The first-order valence-electron chi connectivity index (χ1n) is 7.24. The highest BCUT2D eigenvalue weighted by Gasteiger charge is 2.13. The maximum absolute atomic E-state index is 12.0. The minimum atomic E-state index is -0.198. The fourth-order valence-electron chi connectivity index (χ4n) is 2.25. The highest BCUT2D eigenvalue weighted by atomic mass is 35.5. The SMILES string of the molecule is C[C@H](NC(=O)N[C@@H](C)Cc1ccccc1Cl)c1cnn(C)c1. The van der Waals surface area contributed by atoms with Gasteiger partial charge in [0.1, 0.15) is 0 Å². The predicted octanol–water partition coefficient (Wildman–Crippen LogP) is 3.06. The van der Waals surface area contributed by atoms with Crippen LogP contribution in [0, 0.1) is 0 Å². The molecule has 2 amide bonds. The van der Waals surface area contributed by atoms with Crippen molar-refractivity contribution in [1.29, 1.82) is 0 Å². The van der Waals surface area contributed by atoms with E-state index in [1.807, 2.05) is 51.4 Å². The Kier molecular flexibility index (Phi) is 5.44. The molecule has 0 aliphatic heterocycles. The van der Waals surface area contributed by atoms with Gasteiger partial charge < -0.3 is 10.6 Å². The Bertz CT molecular complexity index is 641. The van der Waals surface area contributed by atoms with Gasteiger partial charge in [-0.1, -0.05) is 29.8 Å². The maximum Gasteiger partial charge on any atom is 0.315 e. The fourth-order valence-corrected chi connectivity index (χ4v) is 2.47. The van der Waals surface area contributed by atoms with Crippen LogP contribution in [0.15, 0.2) is 36.7 Å². The molecule has 0 spiro atoms. The summed E-state index contributed by atoms with van der Waals surface area (Å²) in [6.07, 6.45) is 4.32. The molecule has 22 heavy (non-hydrogen) atoms. The Balaban J connectivity index is 1.85. The van der Waals surface area contributed by atoms with E-state index < -0.39 is 0 Å². The van der Waals surface area contributed by atoms with Gasteiger partial charge in [-0.05, 0) is 31.9 Å². The second kappa shape index (κ2) is 7.31. The average Bonchev–Trinajstić information content (AvgIpc) is 2.88. The van der Waals surface area contributed by atoms with Gasteiger partial charge in [-0.3, -0.25) is 4.68 Å². The van der Waals surface area contributed by atoms with Crippen molar-refractivity contribution in [3.63, 3.8) is 0 Å². The second-order valence-electron chi connectivity index (χ2n) is 5.48. The molecule has 2 N–H and O–H groups in total. The number of nitrogens with one attached hydrogen (secondary N) is 2. The standard InChI is InChI=1S/C16H21ClN4O/c1-11(8-13-6-4-5-7-15(13)17)19-16(22)20-12(2)14-9-18-21(3)10-14/h4-7,9-12H,8H2,1-3H3,(H2,19,20,22)/t11-,12-/m0/s1. The van der Waals surface area contributed by atoms with E-state index in [-0.39, 0.29) is 18.1 Å². The van der Waals surface area contributed by atoms with Crippen LogP contribution in [0.4, 0.5) is 4.79 Å². The zero-order chi connectivity index (χ0) is 16.1. The third-order valence-electron chi connectivity index (χ3n) is 3.43. The number of amides is 2. The number of aryl methyl sites for hydroxylation is 1. The molecule has 5 nitrogen and oxygen atoms in total. The molecule has 0 unspecified atom stereocenters. The van der Waals surface area contributed by atoms with Crippen LogP contribution in [0.3, 0.4) is 0 Å². The molecule has 0 aliphatic carbocycles.